The van der Waals surface area contributed by atoms with E-state index in [4.69, 9.17) is 20.4 Å². The van der Waals surface area contributed by atoms with Crippen LogP contribution in [0.1, 0.15) is 110 Å². The molecule has 0 aliphatic carbocycles. The average molecular weight is 477 g/mol. The monoisotopic (exact) mass is 476 g/mol. The molecule has 0 saturated carbocycles. The number of carboxylic acid groups (broad SMARTS) is 1. The zero-order chi connectivity index (χ0) is 24.8. The van der Waals surface area contributed by atoms with Crippen molar-refractivity contribution >= 4 is 5.97 Å². The molecule has 0 radical (unpaired) electrons. The Hall–Kier alpha value is -0.730. The maximum atomic E-state index is 10.3. The number of carbonyl (C=O) groups is 1. The third kappa shape index (κ3) is 33.5. The predicted molar refractivity (Wildman–Crippen MR) is 138 cm³/mol. The van der Waals surface area contributed by atoms with Crippen LogP contribution in [0.3, 0.4) is 0 Å². The topological polar surface area (TPSA) is 113 Å². The largest absolute Gasteiger partial charge is 0.480 e. The average Bonchev–Trinajstić information content (AvgIpc) is 2.79. The van der Waals surface area contributed by atoms with E-state index < -0.39 is 5.97 Å². The van der Waals surface area contributed by atoms with Crippen molar-refractivity contribution in [3.63, 3.8) is 0 Å². The summed E-state index contributed by atoms with van der Waals surface area (Å²) in [4.78, 5) is 12.1. The van der Waals surface area contributed by atoms with Crippen LogP contribution in [0.2, 0.25) is 0 Å². The summed E-state index contributed by atoms with van der Waals surface area (Å²) in [6.45, 7) is 4.96. The molecule has 7 heteroatoms. The van der Waals surface area contributed by atoms with E-state index in [2.05, 4.69) is 12.2 Å². The summed E-state index contributed by atoms with van der Waals surface area (Å²) in [5, 5.41) is 36.9. The molecule has 0 amide bonds. The number of unbranched alkanes of at least 4 members (excludes halogenated alkanes) is 15. The van der Waals surface area contributed by atoms with E-state index in [1.807, 2.05) is 0 Å². The van der Waals surface area contributed by atoms with E-state index in [9.17, 15) is 4.79 Å². The first-order valence-corrected chi connectivity index (χ1v) is 13.6. The molecule has 5 N–H and O–H groups in total. The highest BCUT2D eigenvalue weighted by Gasteiger charge is 2.00. The minimum atomic E-state index is -0.763. The molecule has 0 aromatic heterocycles. The molecule has 0 atom stereocenters. The van der Waals surface area contributed by atoms with Crippen LogP contribution in [-0.4, -0.2) is 83.8 Å². The van der Waals surface area contributed by atoms with Crippen LogP contribution in [0.4, 0.5) is 0 Å². The summed E-state index contributed by atoms with van der Waals surface area (Å²) in [5.41, 5.74) is 0. The van der Waals surface area contributed by atoms with Crippen molar-refractivity contribution in [2.75, 3.05) is 52.5 Å². The first-order chi connectivity index (χ1) is 16.1. The highest BCUT2D eigenvalue weighted by Crippen LogP contribution is 2.13. The van der Waals surface area contributed by atoms with Gasteiger partial charge in [0, 0.05) is 19.6 Å². The Bertz CT molecular complexity index is 358. The number of aliphatic carboxylic acids is 1. The van der Waals surface area contributed by atoms with Crippen molar-refractivity contribution in [1.29, 1.82) is 0 Å². The van der Waals surface area contributed by atoms with Gasteiger partial charge in [-0.1, -0.05) is 103 Å². The number of carboxylic acids is 1. The van der Waals surface area contributed by atoms with Crippen molar-refractivity contribution in [1.82, 2.24) is 10.2 Å². The Balaban J connectivity index is 0. The number of aliphatic hydroxyl groups is 3. The molecule has 0 spiro atoms. The van der Waals surface area contributed by atoms with Crippen molar-refractivity contribution in [3.05, 3.63) is 0 Å². The van der Waals surface area contributed by atoms with Crippen LogP contribution in [0, 0.1) is 0 Å². The lowest BCUT2D eigenvalue weighted by atomic mass is 10.0. The second kappa shape index (κ2) is 31.3. The fourth-order valence-electron chi connectivity index (χ4n) is 3.75. The standard InChI is InChI=1S/C20H41NO2.C6H15NO3/c1-2-3-4-5-6-7-8-9-10-11-12-13-14-15-16-17-18-21-19-20(22)23;8-4-1-7(2-5-9)3-6-10/h21H,2-19H2,1H3,(H,22,23);8-10H,1-6H2. The van der Waals surface area contributed by atoms with Crippen LogP contribution >= 0.6 is 0 Å². The Morgan fingerprint density at radius 2 is 0.939 bits per heavy atom. The lowest BCUT2D eigenvalue weighted by Crippen LogP contribution is -2.32. The van der Waals surface area contributed by atoms with Crippen LogP contribution < -0.4 is 5.32 Å². The van der Waals surface area contributed by atoms with E-state index in [1.54, 1.807) is 4.90 Å². The smallest absolute Gasteiger partial charge is 0.317 e. The molecule has 0 saturated heterocycles. The third-order valence-corrected chi connectivity index (χ3v) is 5.73. The van der Waals surface area contributed by atoms with Gasteiger partial charge in [0.2, 0.25) is 0 Å². The lowest BCUT2D eigenvalue weighted by Gasteiger charge is -2.17. The van der Waals surface area contributed by atoms with Crippen molar-refractivity contribution in [2.24, 2.45) is 0 Å². The summed E-state index contributed by atoms with van der Waals surface area (Å²) < 4.78 is 0. The zero-order valence-corrected chi connectivity index (χ0v) is 21.6. The van der Waals surface area contributed by atoms with E-state index in [0.29, 0.717) is 19.6 Å². The number of hydrogen-bond acceptors (Lipinski definition) is 6. The Kier molecular flexibility index (Phi) is 32.6. The van der Waals surface area contributed by atoms with Gasteiger partial charge in [-0.15, -0.1) is 0 Å². The molecule has 33 heavy (non-hydrogen) atoms. The van der Waals surface area contributed by atoms with Crippen LogP contribution in [0.25, 0.3) is 0 Å². The molecule has 0 aliphatic rings. The molecule has 0 heterocycles. The molecule has 0 aromatic rings. The molecule has 0 rings (SSSR count). The molecule has 0 fully saturated rings. The van der Waals surface area contributed by atoms with E-state index in [0.717, 1.165) is 13.0 Å². The van der Waals surface area contributed by atoms with Gasteiger partial charge in [-0.3, -0.25) is 9.69 Å². The number of aliphatic hydroxyl groups excluding tert-OH is 3. The molecular weight excluding hydrogens is 420 g/mol. The molecule has 0 unspecified atom stereocenters. The van der Waals surface area contributed by atoms with E-state index >= 15 is 0 Å². The fraction of sp³-hybridized carbons (Fsp3) is 0.962. The fourth-order valence-corrected chi connectivity index (χ4v) is 3.75. The molecule has 0 aliphatic heterocycles. The van der Waals surface area contributed by atoms with Crippen molar-refractivity contribution in [2.45, 2.75) is 110 Å². The third-order valence-electron chi connectivity index (χ3n) is 5.73. The predicted octanol–water partition coefficient (Wildman–Crippen LogP) is 4.19. The van der Waals surface area contributed by atoms with Crippen LogP contribution in [0.15, 0.2) is 0 Å². The number of hydrogen-bond donors (Lipinski definition) is 5. The molecule has 200 valence electrons. The van der Waals surface area contributed by atoms with E-state index in [-0.39, 0.29) is 26.4 Å². The summed E-state index contributed by atoms with van der Waals surface area (Å²) in [6.07, 6.45) is 22.0. The van der Waals surface area contributed by atoms with E-state index in [1.165, 1.54) is 96.3 Å². The number of rotatable bonds is 25. The molecule has 0 bridgehead atoms. The minimum absolute atomic E-state index is 0.0694. The van der Waals surface area contributed by atoms with Gasteiger partial charge in [0.05, 0.1) is 26.4 Å². The second-order valence-corrected chi connectivity index (χ2v) is 8.89. The van der Waals surface area contributed by atoms with Gasteiger partial charge in [0.25, 0.3) is 0 Å². The van der Waals surface area contributed by atoms with Crippen molar-refractivity contribution in [3.8, 4) is 0 Å². The highest BCUT2D eigenvalue weighted by molar-refractivity contribution is 5.68. The van der Waals surface area contributed by atoms with Gasteiger partial charge < -0.3 is 25.7 Å². The van der Waals surface area contributed by atoms with Gasteiger partial charge in [0.15, 0.2) is 0 Å². The maximum Gasteiger partial charge on any atom is 0.317 e. The molecular formula is C26H56N2O5. The summed E-state index contributed by atoms with van der Waals surface area (Å²) >= 11 is 0. The van der Waals surface area contributed by atoms with Gasteiger partial charge in [-0.25, -0.2) is 0 Å². The van der Waals surface area contributed by atoms with Crippen LogP contribution in [-0.2, 0) is 4.79 Å². The second-order valence-electron chi connectivity index (χ2n) is 8.89. The highest BCUT2D eigenvalue weighted by atomic mass is 16.4. The normalized spacial score (nSPS) is 10.9. The minimum Gasteiger partial charge on any atom is -0.480 e. The maximum absolute atomic E-state index is 10.3. The first-order valence-electron chi connectivity index (χ1n) is 13.6. The van der Waals surface area contributed by atoms with Gasteiger partial charge in [-0.05, 0) is 13.0 Å². The number of nitrogens with one attached hydrogen (secondary N) is 1. The van der Waals surface area contributed by atoms with Gasteiger partial charge >= 0.3 is 5.97 Å². The zero-order valence-electron chi connectivity index (χ0n) is 21.6. The quantitative estimate of drug-likeness (QED) is 0.126. The molecule has 7 nitrogen and oxygen atoms in total. The molecule has 0 aromatic carbocycles. The first kappa shape index (κ1) is 34.4. The number of nitrogens with zero attached hydrogens (tertiary/aromatic N) is 1. The Labute approximate surface area is 204 Å². The lowest BCUT2D eigenvalue weighted by molar-refractivity contribution is -0.135. The Morgan fingerprint density at radius 1 is 0.606 bits per heavy atom. The van der Waals surface area contributed by atoms with Crippen LogP contribution in [0.5, 0.6) is 0 Å². The summed E-state index contributed by atoms with van der Waals surface area (Å²) in [7, 11) is 0. The SMILES string of the molecule is CCCCCCCCCCCCCCCCCCNCC(=O)O.OCCN(CCO)CCO. The van der Waals surface area contributed by atoms with Gasteiger partial charge in [-0.2, -0.15) is 0 Å². The Morgan fingerprint density at radius 3 is 1.24 bits per heavy atom. The van der Waals surface area contributed by atoms with Gasteiger partial charge in [0.1, 0.15) is 0 Å². The van der Waals surface area contributed by atoms with Crippen molar-refractivity contribution < 1.29 is 25.2 Å². The summed E-state index contributed by atoms with van der Waals surface area (Å²) in [5.74, 6) is -0.763. The summed E-state index contributed by atoms with van der Waals surface area (Å²) in [6, 6.07) is 0.